The lowest BCUT2D eigenvalue weighted by Gasteiger charge is -2.22. The van der Waals surface area contributed by atoms with Crippen molar-refractivity contribution in [2.45, 2.75) is 32.4 Å². The first kappa shape index (κ1) is 15.8. The summed E-state index contributed by atoms with van der Waals surface area (Å²) in [6.07, 6.45) is 1.80. The summed E-state index contributed by atoms with van der Waals surface area (Å²) in [5.41, 5.74) is 0.165. The van der Waals surface area contributed by atoms with Crippen molar-refractivity contribution in [1.29, 1.82) is 0 Å². The number of aliphatic carboxylic acids is 1. The van der Waals surface area contributed by atoms with Crippen molar-refractivity contribution in [2.75, 3.05) is 0 Å². The van der Waals surface area contributed by atoms with Crippen LogP contribution in [0, 0.1) is 0 Å². The summed E-state index contributed by atoms with van der Waals surface area (Å²) in [5.74, 6) is -1.07. The lowest BCUT2D eigenvalue weighted by atomic mass is 10.1. The zero-order chi connectivity index (χ0) is 15.2. The first-order chi connectivity index (χ1) is 9.28. The lowest BCUT2D eigenvalue weighted by Crippen LogP contribution is -2.34. The fourth-order valence-corrected chi connectivity index (χ4v) is 1.52. The standard InChI is InChI=1S/C15H19NO4/c1-15(2,3)20-14(19)16-12(9-10-13(17)18)11-7-5-4-6-8-11/h4-10,12H,1-3H3,(H,16,19)(H,17,18). The van der Waals surface area contributed by atoms with Gasteiger partial charge in [0.25, 0.3) is 0 Å². The summed E-state index contributed by atoms with van der Waals surface area (Å²) in [7, 11) is 0. The number of ether oxygens (including phenoxy) is 1. The van der Waals surface area contributed by atoms with Crippen LogP contribution in [-0.4, -0.2) is 22.8 Å². The minimum atomic E-state index is -1.07. The molecule has 0 radical (unpaired) electrons. The van der Waals surface area contributed by atoms with E-state index in [1.54, 1.807) is 32.9 Å². The van der Waals surface area contributed by atoms with E-state index in [4.69, 9.17) is 9.84 Å². The van der Waals surface area contributed by atoms with E-state index in [-0.39, 0.29) is 0 Å². The summed E-state index contributed by atoms with van der Waals surface area (Å²) in [5, 5.41) is 11.3. The van der Waals surface area contributed by atoms with Crippen LogP contribution in [0.3, 0.4) is 0 Å². The van der Waals surface area contributed by atoms with E-state index in [9.17, 15) is 9.59 Å². The number of alkyl carbamates (subject to hydrolysis) is 1. The number of benzene rings is 1. The number of amides is 1. The Balaban J connectivity index is 2.84. The van der Waals surface area contributed by atoms with Gasteiger partial charge in [-0.15, -0.1) is 0 Å². The molecule has 1 aromatic carbocycles. The zero-order valence-electron chi connectivity index (χ0n) is 11.8. The van der Waals surface area contributed by atoms with Gasteiger partial charge in [0.1, 0.15) is 5.60 Å². The maximum atomic E-state index is 11.8. The van der Waals surface area contributed by atoms with Crippen LogP contribution < -0.4 is 5.32 Å². The fraction of sp³-hybridized carbons (Fsp3) is 0.333. The molecule has 1 atom stereocenters. The van der Waals surface area contributed by atoms with E-state index in [0.717, 1.165) is 11.6 Å². The molecule has 1 rings (SSSR count). The number of carboxylic acid groups (broad SMARTS) is 1. The molecule has 108 valence electrons. The highest BCUT2D eigenvalue weighted by Crippen LogP contribution is 2.15. The number of rotatable bonds is 4. The average molecular weight is 277 g/mol. The maximum absolute atomic E-state index is 11.8. The van der Waals surface area contributed by atoms with Crippen LogP contribution in [-0.2, 0) is 9.53 Å². The molecule has 0 aliphatic heterocycles. The number of carbonyl (C=O) groups is 2. The lowest BCUT2D eigenvalue weighted by molar-refractivity contribution is -0.131. The SMILES string of the molecule is CC(C)(C)OC(=O)NC(C=CC(=O)O)c1ccccc1. The minimum absolute atomic E-state index is 0.554. The van der Waals surface area contributed by atoms with Crippen molar-refractivity contribution >= 4 is 12.1 Å². The number of hydrogen-bond donors (Lipinski definition) is 2. The Morgan fingerprint density at radius 1 is 1.25 bits per heavy atom. The van der Waals surface area contributed by atoms with Gasteiger partial charge in [-0.2, -0.15) is 0 Å². The third kappa shape index (κ3) is 6.04. The highest BCUT2D eigenvalue weighted by molar-refractivity contribution is 5.80. The van der Waals surface area contributed by atoms with Crippen LogP contribution in [0.4, 0.5) is 4.79 Å². The van der Waals surface area contributed by atoms with Gasteiger partial charge in [0.2, 0.25) is 0 Å². The van der Waals surface area contributed by atoms with Crippen LogP contribution >= 0.6 is 0 Å². The molecule has 0 spiro atoms. The van der Waals surface area contributed by atoms with Gasteiger partial charge < -0.3 is 15.2 Å². The molecule has 1 amide bonds. The van der Waals surface area contributed by atoms with Gasteiger partial charge in [-0.25, -0.2) is 9.59 Å². The molecule has 0 bridgehead atoms. The topological polar surface area (TPSA) is 75.6 Å². The summed E-state index contributed by atoms with van der Waals surface area (Å²) in [6, 6.07) is 8.51. The number of carboxylic acids is 1. The van der Waals surface area contributed by atoms with Crippen LogP contribution in [0.2, 0.25) is 0 Å². The van der Waals surface area contributed by atoms with Crippen LogP contribution in [0.25, 0.3) is 0 Å². The first-order valence-corrected chi connectivity index (χ1v) is 6.23. The zero-order valence-corrected chi connectivity index (χ0v) is 11.8. The largest absolute Gasteiger partial charge is 0.478 e. The van der Waals surface area contributed by atoms with Crippen molar-refractivity contribution in [3.05, 3.63) is 48.0 Å². The molecule has 5 heteroatoms. The van der Waals surface area contributed by atoms with E-state index in [1.807, 2.05) is 18.2 Å². The van der Waals surface area contributed by atoms with Gasteiger partial charge >= 0.3 is 12.1 Å². The highest BCUT2D eigenvalue weighted by atomic mass is 16.6. The predicted octanol–water partition coefficient (Wildman–Crippen LogP) is 2.89. The van der Waals surface area contributed by atoms with E-state index >= 15 is 0 Å². The van der Waals surface area contributed by atoms with Crippen LogP contribution in [0.15, 0.2) is 42.5 Å². The molecule has 1 unspecified atom stereocenters. The van der Waals surface area contributed by atoms with Gasteiger partial charge in [0.15, 0.2) is 0 Å². The smallest absolute Gasteiger partial charge is 0.408 e. The number of carbonyl (C=O) groups excluding carboxylic acids is 1. The third-order valence-corrected chi connectivity index (χ3v) is 2.26. The van der Waals surface area contributed by atoms with Gasteiger partial charge in [-0.1, -0.05) is 36.4 Å². The van der Waals surface area contributed by atoms with E-state index in [2.05, 4.69) is 5.32 Å². The molecule has 5 nitrogen and oxygen atoms in total. The van der Waals surface area contributed by atoms with Gasteiger partial charge in [0, 0.05) is 6.08 Å². The normalized spacial score (nSPS) is 12.9. The molecular formula is C15H19NO4. The molecule has 0 fully saturated rings. The van der Waals surface area contributed by atoms with Crippen molar-refractivity contribution < 1.29 is 19.4 Å². The Morgan fingerprint density at radius 3 is 2.35 bits per heavy atom. The Bertz CT molecular complexity index is 488. The summed E-state index contributed by atoms with van der Waals surface area (Å²) >= 11 is 0. The molecule has 20 heavy (non-hydrogen) atoms. The molecular weight excluding hydrogens is 258 g/mol. The van der Waals surface area contributed by atoms with Crippen molar-refractivity contribution in [3.63, 3.8) is 0 Å². The minimum Gasteiger partial charge on any atom is -0.478 e. The van der Waals surface area contributed by atoms with Crippen molar-refractivity contribution in [1.82, 2.24) is 5.32 Å². The second-order valence-electron chi connectivity index (χ2n) is 5.23. The second-order valence-corrected chi connectivity index (χ2v) is 5.23. The second kappa shape index (κ2) is 6.75. The molecule has 0 aliphatic carbocycles. The summed E-state index contributed by atoms with van der Waals surface area (Å²) < 4.78 is 5.17. The summed E-state index contributed by atoms with van der Waals surface area (Å²) in [4.78, 5) is 22.4. The van der Waals surface area contributed by atoms with E-state index in [0.29, 0.717) is 0 Å². The average Bonchev–Trinajstić information content (AvgIpc) is 2.33. The number of hydrogen-bond acceptors (Lipinski definition) is 3. The van der Waals surface area contributed by atoms with Crippen LogP contribution in [0.1, 0.15) is 32.4 Å². The Hall–Kier alpha value is -2.30. The molecule has 0 saturated heterocycles. The van der Waals surface area contributed by atoms with Gasteiger partial charge in [-0.3, -0.25) is 0 Å². The van der Waals surface area contributed by atoms with E-state index in [1.165, 1.54) is 6.08 Å². The molecule has 0 saturated carbocycles. The quantitative estimate of drug-likeness (QED) is 0.830. The van der Waals surface area contributed by atoms with Gasteiger partial charge in [0.05, 0.1) is 6.04 Å². The van der Waals surface area contributed by atoms with Gasteiger partial charge in [-0.05, 0) is 26.3 Å². The summed E-state index contributed by atoms with van der Waals surface area (Å²) in [6.45, 7) is 5.28. The fourth-order valence-electron chi connectivity index (χ4n) is 1.52. The molecule has 0 aromatic heterocycles. The monoisotopic (exact) mass is 277 g/mol. The molecule has 0 aliphatic rings. The predicted molar refractivity (Wildman–Crippen MR) is 75.3 cm³/mol. The highest BCUT2D eigenvalue weighted by Gasteiger charge is 2.19. The molecule has 2 N–H and O–H groups in total. The Labute approximate surface area is 118 Å². The molecule has 1 aromatic rings. The maximum Gasteiger partial charge on any atom is 0.408 e. The third-order valence-electron chi connectivity index (χ3n) is 2.26. The Kier molecular flexibility index (Phi) is 5.32. The Morgan fingerprint density at radius 2 is 1.85 bits per heavy atom. The van der Waals surface area contributed by atoms with Crippen molar-refractivity contribution in [3.8, 4) is 0 Å². The first-order valence-electron chi connectivity index (χ1n) is 6.23. The van der Waals surface area contributed by atoms with E-state index < -0.39 is 23.7 Å². The van der Waals surface area contributed by atoms with Crippen molar-refractivity contribution in [2.24, 2.45) is 0 Å². The van der Waals surface area contributed by atoms with Crippen LogP contribution in [0.5, 0.6) is 0 Å². The number of nitrogens with one attached hydrogen (secondary N) is 1. The molecule has 0 heterocycles.